The van der Waals surface area contributed by atoms with Crippen molar-refractivity contribution in [2.45, 2.75) is 45.1 Å². The lowest BCUT2D eigenvalue weighted by Crippen LogP contribution is -2.47. The number of sulfonamides is 1. The molecule has 0 radical (unpaired) electrons. The quantitative estimate of drug-likeness (QED) is 0.687. The van der Waals surface area contributed by atoms with Crippen LogP contribution in [0.1, 0.15) is 38.2 Å². The number of ether oxygens (including phenoxy) is 2. The molecule has 1 amide bonds. The van der Waals surface area contributed by atoms with Crippen LogP contribution in [0.2, 0.25) is 0 Å². The number of methoxy groups -OCH3 is 2. The van der Waals surface area contributed by atoms with Crippen molar-refractivity contribution in [2.24, 2.45) is 0 Å². The fourth-order valence-electron chi connectivity index (χ4n) is 3.19. The Labute approximate surface area is 162 Å². The molecular weight excluding hydrogens is 368 g/mol. The highest BCUT2D eigenvalue weighted by Crippen LogP contribution is 2.27. The highest BCUT2D eigenvalue weighted by atomic mass is 32.2. The number of benzene rings is 1. The van der Waals surface area contributed by atoms with Crippen LogP contribution in [-0.4, -0.2) is 57.7 Å². The van der Waals surface area contributed by atoms with Gasteiger partial charge in [-0.1, -0.05) is 19.4 Å². The second kappa shape index (κ2) is 9.94. The standard InChI is InChI=1S/C19H30N2O5S/c1-4-5-12-27(23,24)21-10-8-16(9-11-21)20-19(22)14-15-6-7-17(25-2)18(13-15)26-3/h6-7,13,16H,4-5,8-12,14H2,1-3H3,(H,20,22). The summed E-state index contributed by atoms with van der Waals surface area (Å²) in [5.74, 6) is 1.35. The van der Waals surface area contributed by atoms with Gasteiger partial charge in [0.25, 0.3) is 0 Å². The zero-order valence-corrected chi connectivity index (χ0v) is 17.2. The van der Waals surface area contributed by atoms with Gasteiger partial charge < -0.3 is 14.8 Å². The zero-order valence-electron chi connectivity index (χ0n) is 16.4. The normalized spacial score (nSPS) is 16.1. The average Bonchev–Trinajstić information content (AvgIpc) is 2.66. The summed E-state index contributed by atoms with van der Waals surface area (Å²) in [4.78, 5) is 12.3. The number of hydrogen-bond donors (Lipinski definition) is 1. The van der Waals surface area contributed by atoms with E-state index >= 15 is 0 Å². The highest BCUT2D eigenvalue weighted by molar-refractivity contribution is 7.89. The molecule has 0 saturated carbocycles. The van der Waals surface area contributed by atoms with E-state index in [2.05, 4.69) is 5.32 Å². The van der Waals surface area contributed by atoms with Crippen molar-refractivity contribution in [3.05, 3.63) is 23.8 Å². The third-order valence-corrected chi connectivity index (χ3v) is 6.74. The van der Waals surface area contributed by atoms with Crippen molar-refractivity contribution in [2.75, 3.05) is 33.1 Å². The number of carbonyl (C=O) groups is 1. The summed E-state index contributed by atoms with van der Waals surface area (Å²) in [5.41, 5.74) is 0.838. The lowest BCUT2D eigenvalue weighted by molar-refractivity contribution is -0.121. The molecule has 1 aliphatic heterocycles. The molecule has 1 heterocycles. The molecule has 1 fully saturated rings. The average molecular weight is 399 g/mol. The van der Waals surface area contributed by atoms with Crippen LogP contribution in [0.15, 0.2) is 18.2 Å². The third kappa shape index (κ3) is 6.10. The minimum absolute atomic E-state index is 0.00951. The fourth-order valence-corrected chi connectivity index (χ4v) is 4.87. The van der Waals surface area contributed by atoms with Crippen LogP contribution >= 0.6 is 0 Å². The van der Waals surface area contributed by atoms with E-state index in [0.717, 1.165) is 12.0 Å². The Morgan fingerprint density at radius 2 is 1.85 bits per heavy atom. The number of amides is 1. The molecule has 0 aliphatic carbocycles. The lowest BCUT2D eigenvalue weighted by atomic mass is 10.1. The summed E-state index contributed by atoms with van der Waals surface area (Å²) in [6.07, 6.45) is 3.08. The first-order valence-electron chi connectivity index (χ1n) is 9.37. The van der Waals surface area contributed by atoms with Crippen molar-refractivity contribution in [1.29, 1.82) is 0 Å². The topological polar surface area (TPSA) is 84.9 Å². The van der Waals surface area contributed by atoms with Gasteiger partial charge in [0.1, 0.15) is 0 Å². The predicted molar refractivity (Wildman–Crippen MR) is 105 cm³/mol. The maximum atomic E-state index is 12.3. The van der Waals surface area contributed by atoms with Crippen LogP contribution in [0, 0.1) is 0 Å². The first-order valence-corrected chi connectivity index (χ1v) is 11.0. The van der Waals surface area contributed by atoms with E-state index in [1.54, 1.807) is 30.7 Å². The Balaban J connectivity index is 1.84. The van der Waals surface area contributed by atoms with Gasteiger partial charge in [-0.25, -0.2) is 12.7 Å². The van der Waals surface area contributed by atoms with Gasteiger partial charge in [0.05, 0.1) is 26.4 Å². The Morgan fingerprint density at radius 3 is 2.44 bits per heavy atom. The van der Waals surface area contributed by atoms with Crippen LogP contribution in [-0.2, 0) is 21.2 Å². The van der Waals surface area contributed by atoms with E-state index in [-0.39, 0.29) is 24.1 Å². The van der Waals surface area contributed by atoms with Crippen LogP contribution in [0.4, 0.5) is 0 Å². The van der Waals surface area contributed by atoms with E-state index < -0.39 is 10.0 Å². The summed E-state index contributed by atoms with van der Waals surface area (Å²) in [5, 5.41) is 3.02. The molecule has 8 heteroatoms. The first-order chi connectivity index (χ1) is 12.9. The molecule has 7 nitrogen and oxygen atoms in total. The molecule has 1 saturated heterocycles. The number of piperidine rings is 1. The van der Waals surface area contributed by atoms with Crippen LogP contribution < -0.4 is 14.8 Å². The molecule has 2 rings (SSSR count). The SMILES string of the molecule is CCCCS(=O)(=O)N1CCC(NC(=O)Cc2ccc(OC)c(OC)c2)CC1. The number of nitrogens with zero attached hydrogens (tertiary/aromatic N) is 1. The molecule has 1 aromatic rings. The molecule has 0 spiro atoms. The number of carbonyl (C=O) groups excluding carboxylic acids is 1. The second-order valence-corrected chi connectivity index (χ2v) is 8.86. The van der Waals surface area contributed by atoms with Crippen molar-refractivity contribution in [3.8, 4) is 11.5 Å². The van der Waals surface area contributed by atoms with Gasteiger partial charge >= 0.3 is 0 Å². The minimum Gasteiger partial charge on any atom is -0.493 e. The van der Waals surface area contributed by atoms with E-state index in [9.17, 15) is 13.2 Å². The Hall–Kier alpha value is -1.80. The zero-order chi connectivity index (χ0) is 19.9. The second-order valence-electron chi connectivity index (χ2n) is 6.78. The molecule has 1 aromatic carbocycles. The van der Waals surface area contributed by atoms with Crippen LogP contribution in [0.3, 0.4) is 0 Å². The van der Waals surface area contributed by atoms with Gasteiger partial charge in [-0.3, -0.25) is 4.79 Å². The molecule has 0 bridgehead atoms. The molecular formula is C19H30N2O5S. The molecule has 0 unspecified atom stereocenters. The monoisotopic (exact) mass is 398 g/mol. The van der Waals surface area contributed by atoms with Crippen LogP contribution in [0.5, 0.6) is 11.5 Å². The summed E-state index contributed by atoms with van der Waals surface area (Å²) >= 11 is 0. The number of nitrogens with one attached hydrogen (secondary N) is 1. The van der Waals surface area contributed by atoms with E-state index in [1.807, 2.05) is 13.0 Å². The van der Waals surface area contributed by atoms with Gasteiger partial charge in [0.15, 0.2) is 11.5 Å². The maximum absolute atomic E-state index is 12.3. The number of rotatable bonds is 9. The third-order valence-electron chi connectivity index (χ3n) is 4.78. The highest BCUT2D eigenvalue weighted by Gasteiger charge is 2.28. The van der Waals surface area contributed by atoms with Gasteiger partial charge in [-0.05, 0) is 37.0 Å². The number of unbranched alkanes of at least 4 members (excludes halogenated alkanes) is 1. The molecule has 0 aromatic heterocycles. The largest absolute Gasteiger partial charge is 0.493 e. The minimum atomic E-state index is -3.17. The van der Waals surface area contributed by atoms with E-state index in [1.165, 1.54) is 0 Å². The fraction of sp³-hybridized carbons (Fsp3) is 0.632. The summed E-state index contributed by atoms with van der Waals surface area (Å²) in [6.45, 7) is 2.91. The Morgan fingerprint density at radius 1 is 1.19 bits per heavy atom. The van der Waals surface area contributed by atoms with E-state index in [4.69, 9.17) is 9.47 Å². The van der Waals surface area contributed by atoms with Crippen molar-refractivity contribution >= 4 is 15.9 Å². The smallest absolute Gasteiger partial charge is 0.224 e. The maximum Gasteiger partial charge on any atom is 0.224 e. The molecule has 1 N–H and O–H groups in total. The van der Waals surface area contributed by atoms with Crippen molar-refractivity contribution in [1.82, 2.24) is 9.62 Å². The van der Waals surface area contributed by atoms with Gasteiger partial charge in [-0.2, -0.15) is 0 Å². The van der Waals surface area contributed by atoms with Crippen LogP contribution in [0.25, 0.3) is 0 Å². The summed E-state index contributed by atoms with van der Waals surface area (Å²) in [6, 6.07) is 5.42. The summed E-state index contributed by atoms with van der Waals surface area (Å²) < 4.78 is 36.5. The summed E-state index contributed by atoms with van der Waals surface area (Å²) in [7, 11) is -0.0373. The van der Waals surface area contributed by atoms with Gasteiger partial charge in [0, 0.05) is 19.1 Å². The van der Waals surface area contributed by atoms with Gasteiger partial charge in [0.2, 0.25) is 15.9 Å². The molecule has 1 aliphatic rings. The Kier molecular flexibility index (Phi) is 7.91. The lowest BCUT2D eigenvalue weighted by Gasteiger charge is -2.31. The predicted octanol–water partition coefficient (Wildman–Crippen LogP) is 1.96. The molecule has 152 valence electrons. The molecule has 0 atom stereocenters. The molecule has 27 heavy (non-hydrogen) atoms. The van der Waals surface area contributed by atoms with E-state index in [0.29, 0.717) is 43.9 Å². The number of hydrogen-bond acceptors (Lipinski definition) is 5. The first kappa shape index (κ1) is 21.5. The van der Waals surface area contributed by atoms with Crippen molar-refractivity contribution in [3.63, 3.8) is 0 Å². The van der Waals surface area contributed by atoms with Crippen molar-refractivity contribution < 1.29 is 22.7 Å². The Bertz CT molecular complexity index is 728. The van der Waals surface area contributed by atoms with Gasteiger partial charge in [-0.15, -0.1) is 0 Å².